The molecule has 0 radical (unpaired) electrons. The molecule has 2 saturated carbocycles. The van der Waals surface area contributed by atoms with Crippen LogP contribution in [-0.4, -0.2) is 32.5 Å². The molecule has 21 heavy (non-hydrogen) atoms. The summed E-state index contributed by atoms with van der Waals surface area (Å²) in [6.45, 7) is 7.63. The standard InChI is InChI=1S/C17H33NO2S/c1-4-21(19,20)11-5-6-14-12-17(2,3)10-9-15(14)13-18-16-7-8-16/h14-16,18H,4-13H2,1-3H3. The largest absolute Gasteiger partial charge is 0.314 e. The lowest BCUT2D eigenvalue weighted by Gasteiger charge is -2.41. The van der Waals surface area contributed by atoms with E-state index in [1.54, 1.807) is 6.92 Å². The molecule has 1 N–H and O–H groups in total. The van der Waals surface area contributed by atoms with Crippen molar-refractivity contribution in [1.29, 1.82) is 0 Å². The lowest BCUT2D eigenvalue weighted by molar-refractivity contribution is 0.109. The molecule has 2 aliphatic carbocycles. The normalized spacial score (nSPS) is 29.5. The van der Waals surface area contributed by atoms with Crippen molar-refractivity contribution in [3.05, 3.63) is 0 Å². The van der Waals surface area contributed by atoms with E-state index in [-0.39, 0.29) is 5.75 Å². The number of hydrogen-bond acceptors (Lipinski definition) is 3. The fourth-order valence-corrected chi connectivity index (χ4v) is 4.61. The summed E-state index contributed by atoms with van der Waals surface area (Å²) in [5, 5.41) is 3.68. The van der Waals surface area contributed by atoms with Crippen molar-refractivity contribution in [2.75, 3.05) is 18.1 Å². The van der Waals surface area contributed by atoms with Crippen molar-refractivity contribution in [3.8, 4) is 0 Å². The van der Waals surface area contributed by atoms with Crippen LogP contribution in [0.15, 0.2) is 0 Å². The Labute approximate surface area is 131 Å². The molecule has 2 fully saturated rings. The van der Waals surface area contributed by atoms with Gasteiger partial charge in [0.05, 0.1) is 5.75 Å². The molecule has 0 saturated heterocycles. The Hall–Kier alpha value is -0.0900. The Balaban J connectivity index is 1.83. The summed E-state index contributed by atoms with van der Waals surface area (Å²) in [5.41, 5.74) is 0.435. The minimum Gasteiger partial charge on any atom is -0.314 e. The van der Waals surface area contributed by atoms with E-state index in [4.69, 9.17) is 0 Å². The molecule has 2 unspecified atom stereocenters. The van der Waals surface area contributed by atoms with Crippen LogP contribution in [0.2, 0.25) is 0 Å². The van der Waals surface area contributed by atoms with E-state index in [1.165, 1.54) is 32.1 Å². The van der Waals surface area contributed by atoms with Gasteiger partial charge in [-0.3, -0.25) is 0 Å². The summed E-state index contributed by atoms with van der Waals surface area (Å²) >= 11 is 0. The molecule has 0 heterocycles. The molecule has 0 aromatic carbocycles. The molecule has 0 aromatic rings. The SMILES string of the molecule is CCS(=O)(=O)CCCC1CC(C)(C)CCC1CNC1CC1. The van der Waals surface area contributed by atoms with E-state index in [9.17, 15) is 8.42 Å². The topological polar surface area (TPSA) is 46.2 Å². The van der Waals surface area contributed by atoms with E-state index < -0.39 is 9.84 Å². The van der Waals surface area contributed by atoms with Gasteiger partial charge in [0.2, 0.25) is 0 Å². The predicted molar refractivity (Wildman–Crippen MR) is 89.2 cm³/mol. The van der Waals surface area contributed by atoms with Crippen molar-refractivity contribution in [3.63, 3.8) is 0 Å². The second kappa shape index (κ2) is 6.99. The molecular formula is C17H33NO2S. The second-order valence-electron chi connectivity index (χ2n) is 7.99. The highest BCUT2D eigenvalue weighted by Gasteiger charge is 2.35. The number of sulfone groups is 1. The Kier molecular flexibility index (Phi) is 5.75. The summed E-state index contributed by atoms with van der Waals surface area (Å²) in [6.07, 6.45) is 8.49. The molecule has 0 bridgehead atoms. The van der Waals surface area contributed by atoms with Gasteiger partial charge < -0.3 is 5.32 Å². The Morgan fingerprint density at radius 2 is 1.86 bits per heavy atom. The van der Waals surface area contributed by atoms with Crippen molar-refractivity contribution in [2.24, 2.45) is 17.3 Å². The van der Waals surface area contributed by atoms with E-state index in [2.05, 4.69) is 19.2 Å². The fraction of sp³-hybridized carbons (Fsp3) is 1.00. The summed E-state index contributed by atoms with van der Waals surface area (Å²) in [5.74, 6) is 2.12. The summed E-state index contributed by atoms with van der Waals surface area (Å²) in [6, 6.07) is 0.779. The highest BCUT2D eigenvalue weighted by Crippen LogP contribution is 2.43. The molecule has 0 aliphatic heterocycles. The van der Waals surface area contributed by atoms with Crippen LogP contribution >= 0.6 is 0 Å². The first kappa shape index (κ1) is 17.3. The third kappa shape index (κ3) is 5.90. The highest BCUT2D eigenvalue weighted by molar-refractivity contribution is 7.91. The minimum absolute atomic E-state index is 0.288. The quantitative estimate of drug-likeness (QED) is 0.747. The molecule has 2 atom stereocenters. The Morgan fingerprint density at radius 3 is 2.48 bits per heavy atom. The van der Waals surface area contributed by atoms with Crippen molar-refractivity contribution >= 4 is 9.84 Å². The molecular weight excluding hydrogens is 282 g/mol. The van der Waals surface area contributed by atoms with Gasteiger partial charge in [-0.1, -0.05) is 20.8 Å². The summed E-state index contributed by atoms with van der Waals surface area (Å²) in [4.78, 5) is 0. The van der Waals surface area contributed by atoms with E-state index in [0.29, 0.717) is 17.1 Å². The van der Waals surface area contributed by atoms with Gasteiger partial charge in [0.25, 0.3) is 0 Å². The lowest BCUT2D eigenvalue weighted by atomic mass is 9.66. The monoisotopic (exact) mass is 315 g/mol. The zero-order valence-corrected chi connectivity index (χ0v) is 14.8. The zero-order chi connectivity index (χ0) is 15.5. The Morgan fingerprint density at radius 1 is 1.14 bits per heavy atom. The van der Waals surface area contributed by atoms with E-state index in [1.807, 2.05) is 0 Å². The third-order valence-corrected chi connectivity index (χ3v) is 7.18. The zero-order valence-electron chi connectivity index (χ0n) is 14.0. The van der Waals surface area contributed by atoms with Gasteiger partial charge in [0.15, 0.2) is 0 Å². The lowest BCUT2D eigenvalue weighted by Crippen LogP contribution is -2.36. The van der Waals surface area contributed by atoms with Crippen molar-refractivity contribution in [1.82, 2.24) is 5.32 Å². The highest BCUT2D eigenvalue weighted by atomic mass is 32.2. The average Bonchev–Trinajstić information content (AvgIpc) is 3.21. The maximum atomic E-state index is 11.7. The predicted octanol–water partition coefficient (Wildman–Crippen LogP) is 3.40. The van der Waals surface area contributed by atoms with Crippen LogP contribution in [0, 0.1) is 17.3 Å². The van der Waals surface area contributed by atoms with Crippen molar-refractivity contribution < 1.29 is 8.42 Å². The molecule has 3 nitrogen and oxygen atoms in total. The Bertz CT molecular complexity index is 424. The molecule has 2 rings (SSSR count). The van der Waals surface area contributed by atoms with Crippen LogP contribution in [0.5, 0.6) is 0 Å². The minimum atomic E-state index is -2.80. The van der Waals surface area contributed by atoms with Crippen molar-refractivity contribution in [2.45, 2.75) is 71.8 Å². The van der Waals surface area contributed by atoms with Gasteiger partial charge >= 0.3 is 0 Å². The molecule has 2 aliphatic rings. The maximum absolute atomic E-state index is 11.7. The van der Waals surface area contributed by atoms with Gasteiger partial charge in [-0.15, -0.1) is 0 Å². The van der Waals surface area contributed by atoms with Crippen LogP contribution in [0.1, 0.15) is 65.7 Å². The first-order valence-electron chi connectivity index (χ1n) is 8.75. The second-order valence-corrected chi connectivity index (χ2v) is 10.5. The molecule has 4 heteroatoms. The van der Waals surface area contributed by atoms with Crippen LogP contribution in [0.3, 0.4) is 0 Å². The van der Waals surface area contributed by atoms with Crippen LogP contribution in [-0.2, 0) is 9.84 Å². The van der Waals surface area contributed by atoms with Gasteiger partial charge in [0, 0.05) is 11.8 Å². The van der Waals surface area contributed by atoms with Gasteiger partial charge in [-0.05, 0) is 68.7 Å². The van der Waals surface area contributed by atoms with Gasteiger partial charge in [0.1, 0.15) is 9.84 Å². The van der Waals surface area contributed by atoms with Crippen LogP contribution < -0.4 is 5.32 Å². The summed E-state index contributed by atoms with van der Waals surface area (Å²) < 4.78 is 23.3. The van der Waals surface area contributed by atoms with Crippen LogP contribution in [0.4, 0.5) is 0 Å². The molecule has 0 amide bonds. The molecule has 0 aromatic heterocycles. The molecule has 124 valence electrons. The number of nitrogens with one attached hydrogen (secondary N) is 1. The van der Waals surface area contributed by atoms with E-state index >= 15 is 0 Å². The smallest absolute Gasteiger partial charge is 0.150 e. The van der Waals surface area contributed by atoms with Crippen LogP contribution in [0.25, 0.3) is 0 Å². The third-order valence-electron chi connectivity index (χ3n) is 5.39. The first-order valence-corrected chi connectivity index (χ1v) is 10.6. The van der Waals surface area contributed by atoms with Gasteiger partial charge in [-0.2, -0.15) is 0 Å². The van der Waals surface area contributed by atoms with E-state index in [0.717, 1.165) is 31.3 Å². The fourth-order valence-electron chi connectivity index (χ4n) is 3.71. The summed E-state index contributed by atoms with van der Waals surface area (Å²) in [7, 11) is -2.80. The maximum Gasteiger partial charge on any atom is 0.150 e. The first-order chi connectivity index (χ1) is 9.81. The average molecular weight is 316 g/mol. The number of hydrogen-bond donors (Lipinski definition) is 1. The molecule has 0 spiro atoms. The number of rotatable bonds is 8. The van der Waals surface area contributed by atoms with Gasteiger partial charge in [-0.25, -0.2) is 8.42 Å².